The van der Waals surface area contributed by atoms with Crippen molar-refractivity contribution in [2.45, 2.75) is 54.6 Å². The molecular weight excluding hydrogens is 508 g/mol. The summed E-state index contributed by atoms with van der Waals surface area (Å²) in [4.78, 5) is 25.2. The summed E-state index contributed by atoms with van der Waals surface area (Å²) >= 11 is 1.68. The topological polar surface area (TPSA) is 77.8 Å². The first-order valence-electron chi connectivity index (χ1n) is 12.6. The third-order valence-electron chi connectivity index (χ3n) is 6.19. The number of thioether (sulfide) groups is 1. The molecule has 1 heterocycles. The molecule has 1 fully saturated rings. The van der Waals surface area contributed by atoms with Crippen molar-refractivity contribution in [3.05, 3.63) is 96.1 Å². The number of phenolic OH excluding ortho intramolecular Hbond substituents is 1. The van der Waals surface area contributed by atoms with Crippen LogP contribution in [0.5, 0.6) is 5.75 Å². The maximum Gasteiger partial charge on any atom is 0.338 e. The number of carbonyl (C=O) groups excluding carboxylic acids is 1. The number of carboxylic acid groups (broad SMARTS) is 1. The molecule has 1 aliphatic rings. The molecule has 1 aliphatic heterocycles. The van der Waals surface area contributed by atoms with Gasteiger partial charge in [0.1, 0.15) is 5.75 Å². The first kappa shape index (κ1) is 29.2. The number of benzene rings is 3. The number of carbonyl (C=O) groups is 2. The number of carboxylic acids is 1. The Hall–Kier alpha value is -3.39. The summed E-state index contributed by atoms with van der Waals surface area (Å²) in [5, 5.41) is 17.9. The van der Waals surface area contributed by atoms with Crippen LogP contribution in [0.4, 0.5) is 8.78 Å². The number of amides is 1. The van der Waals surface area contributed by atoms with E-state index < -0.39 is 18.3 Å². The molecule has 0 spiro atoms. The van der Waals surface area contributed by atoms with Crippen LogP contribution in [0, 0.1) is 0 Å². The van der Waals surface area contributed by atoms with Crippen LogP contribution in [0.15, 0.2) is 89.8 Å². The van der Waals surface area contributed by atoms with E-state index in [4.69, 9.17) is 5.11 Å². The molecule has 2 N–H and O–H groups in total. The molecule has 3 aromatic carbocycles. The van der Waals surface area contributed by atoms with E-state index in [0.717, 1.165) is 22.4 Å². The Morgan fingerprint density at radius 2 is 1.37 bits per heavy atom. The summed E-state index contributed by atoms with van der Waals surface area (Å²) in [6.45, 7) is 1.19. The number of hydrogen-bond acceptors (Lipinski definition) is 4. The van der Waals surface area contributed by atoms with Crippen LogP contribution in [-0.2, 0) is 22.4 Å². The Morgan fingerprint density at radius 1 is 0.842 bits per heavy atom. The highest BCUT2D eigenvalue weighted by Crippen LogP contribution is 2.31. The van der Waals surface area contributed by atoms with E-state index >= 15 is 0 Å². The average molecular weight is 542 g/mol. The largest absolute Gasteiger partial charge is 0.508 e. The fraction of sp³-hybridized carbons (Fsp3) is 0.333. The molecule has 1 saturated heterocycles. The molecule has 3 aromatic rings. The Bertz CT molecular complexity index is 1130. The van der Waals surface area contributed by atoms with Crippen molar-refractivity contribution in [2.75, 3.05) is 13.1 Å². The van der Waals surface area contributed by atoms with Gasteiger partial charge in [0.25, 0.3) is 5.91 Å². The monoisotopic (exact) mass is 541 g/mol. The molecule has 202 valence electrons. The summed E-state index contributed by atoms with van der Waals surface area (Å²) in [6.07, 6.45) is -1.00. The average Bonchev–Trinajstić information content (AvgIpc) is 3.41. The van der Waals surface area contributed by atoms with Crippen LogP contribution >= 0.6 is 11.8 Å². The fourth-order valence-electron chi connectivity index (χ4n) is 4.06. The number of hydrogen-bond donors (Lipinski definition) is 2. The van der Waals surface area contributed by atoms with Crippen LogP contribution in [0.1, 0.15) is 30.4 Å². The molecule has 3 atom stereocenters. The van der Waals surface area contributed by atoms with E-state index in [1.165, 1.54) is 0 Å². The summed E-state index contributed by atoms with van der Waals surface area (Å²) in [7, 11) is 0. The minimum atomic E-state index is -1.75. The SMILES string of the molecule is O=C(C(F)CCc1ccccc1)N1CC[C@@H](Sc2ccc(O)cc2)C1.O=C(O)C(F)CCc1ccccc1. The Kier molecular flexibility index (Phi) is 11.6. The zero-order chi connectivity index (χ0) is 27.3. The fourth-order valence-corrected chi connectivity index (χ4v) is 5.22. The maximum absolute atomic E-state index is 14.3. The van der Waals surface area contributed by atoms with Gasteiger partial charge in [-0.25, -0.2) is 13.6 Å². The lowest BCUT2D eigenvalue weighted by Crippen LogP contribution is -2.36. The molecule has 8 heteroatoms. The predicted molar refractivity (Wildman–Crippen MR) is 146 cm³/mol. The molecule has 0 aliphatic carbocycles. The Balaban J connectivity index is 0.000000260. The van der Waals surface area contributed by atoms with Crippen LogP contribution in [0.3, 0.4) is 0 Å². The van der Waals surface area contributed by atoms with Gasteiger partial charge in [-0.3, -0.25) is 4.79 Å². The van der Waals surface area contributed by atoms with Gasteiger partial charge in [0.15, 0.2) is 12.3 Å². The lowest BCUT2D eigenvalue weighted by atomic mass is 10.1. The lowest BCUT2D eigenvalue weighted by Gasteiger charge is -2.19. The van der Waals surface area contributed by atoms with Crippen LogP contribution in [0.2, 0.25) is 0 Å². The second-order valence-corrected chi connectivity index (χ2v) is 10.5. The van der Waals surface area contributed by atoms with E-state index in [1.54, 1.807) is 28.8 Å². The molecule has 1 amide bonds. The van der Waals surface area contributed by atoms with Gasteiger partial charge in [-0.1, -0.05) is 60.7 Å². The van der Waals surface area contributed by atoms with E-state index in [9.17, 15) is 23.5 Å². The highest BCUT2D eigenvalue weighted by atomic mass is 32.2. The minimum absolute atomic E-state index is 0.0410. The van der Waals surface area contributed by atoms with Crippen molar-refractivity contribution >= 4 is 23.6 Å². The van der Waals surface area contributed by atoms with Crippen molar-refractivity contribution in [1.82, 2.24) is 4.90 Å². The molecular formula is C30H33F2NO4S. The second kappa shape index (κ2) is 15.1. The van der Waals surface area contributed by atoms with E-state index in [2.05, 4.69) is 0 Å². The molecule has 0 bridgehead atoms. The number of nitrogens with zero attached hydrogens (tertiary/aromatic N) is 1. The number of alkyl halides is 2. The van der Waals surface area contributed by atoms with Gasteiger partial charge in [0, 0.05) is 23.2 Å². The van der Waals surface area contributed by atoms with Crippen LogP contribution < -0.4 is 0 Å². The molecule has 5 nitrogen and oxygen atoms in total. The number of aliphatic carboxylic acids is 1. The minimum Gasteiger partial charge on any atom is -0.508 e. The second-order valence-electron chi connectivity index (χ2n) is 9.13. The van der Waals surface area contributed by atoms with Gasteiger partial charge >= 0.3 is 5.97 Å². The number of aromatic hydroxyl groups is 1. The Morgan fingerprint density at radius 3 is 1.89 bits per heavy atom. The van der Waals surface area contributed by atoms with Gasteiger partial charge in [0.05, 0.1) is 0 Å². The van der Waals surface area contributed by atoms with Crippen molar-refractivity contribution in [2.24, 2.45) is 0 Å². The lowest BCUT2D eigenvalue weighted by molar-refractivity contribution is -0.143. The van der Waals surface area contributed by atoms with E-state index in [0.29, 0.717) is 25.9 Å². The number of likely N-dealkylation sites (tertiary alicyclic amines) is 1. The molecule has 4 rings (SSSR count). The van der Waals surface area contributed by atoms with Gasteiger partial charge in [-0.15, -0.1) is 11.8 Å². The first-order valence-corrected chi connectivity index (χ1v) is 13.5. The van der Waals surface area contributed by atoms with Gasteiger partial charge in [0.2, 0.25) is 0 Å². The van der Waals surface area contributed by atoms with Gasteiger partial charge in [-0.2, -0.15) is 0 Å². The van der Waals surface area contributed by atoms with Gasteiger partial charge in [-0.05, 0) is 67.5 Å². The highest BCUT2D eigenvalue weighted by Gasteiger charge is 2.31. The predicted octanol–water partition coefficient (Wildman–Crippen LogP) is 6.10. The van der Waals surface area contributed by atoms with Gasteiger partial charge < -0.3 is 15.1 Å². The number of phenols is 1. The molecule has 0 radical (unpaired) electrons. The maximum atomic E-state index is 14.3. The third kappa shape index (κ3) is 9.82. The van der Waals surface area contributed by atoms with E-state index in [-0.39, 0.29) is 29.7 Å². The summed E-state index contributed by atoms with van der Waals surface area (Å²) in [6, 6.07) is 26.0. The van der Waals surface area contributed by atoms with Crippen molar-refractivity contribution in [1.29, 1.82) is 0 Å². The highest BCUT2D eigenvalue weighted by molar-refractivity contribution is 8.00. The van der Waals surface area contributed by atoms with Crippen molar-refractivity contribution in [3.8, 4) is 5.75 Å². The van der Waals surface area contributed by atoms with E-state index in [1.807, 2.05) is 72.8 Å². The van der Waals surface area contributed by atoms with Crippen LogP contribution in [-0.4, -0.2) is 57.7 Å². The third-order valence-corrected chi connectivity index (χ3v) is 7.45. The zero-order valence-corrected chi connectivity index (χ0v) is 21.9. The summed E-state index contributed by atoms with van der Waals surface area (Å²) in [5.41, 5.74) is 2.02. The standard InChI is InChI=1S/C20H22FNO2S.C10H11FO2/c21-19(11-6-15-4-2-1-3-5-15)20(24)22-13-12-18(14-22)25-17-9-7-16(23)8-10-17;11-9(10(12)13)7-6-8-4-2-1-3-5-8/h1-5,7-10,18-19,23H,6,11-14H2;1-5,9H,6-7H2,(H,12,13)/t18-,19?;/m1./s1. The van der Waals surface area contributed by atoms with Crippen LogP contribution in [0.25, 0.3) is 0 Å². The van der Waals surface area contributed by atoms with Crippen molar-refractivity contribution < 1.29 is 28.6 Å². The molecule has 0 saturated carbocycles. The Labute approximate surface area is 226 Å². The smallest absolute Gasteiger partial charge is 0.338 e. The molecule has 38 heavy (non-hydrogen) atoms. The first-order chi connectivity index (χ1) is 18.3. The number of halogens is 2. The molecule has 2 unspecified atom stereocenters. The molecule has 0 aromatic heterocycles. The summed E-state index contributed by atoms with van der Waals surface area (Å²) < 4.78 is 26.9. The normalized spacial score (nSPS) is 16.3. The van der Waals surface area contributed by atoms with Crippen molar-refractivity contribution in [3.63, 3.8) is 0 Å². The summed E-state index contributed by atoms with van der Waals surface area (Å²) in [5.74, 6) is -1.52. The quantitative estimate of drug-likeness (QED) is 0.324. The number of aryl methyl sites for hydroxylation is 2. The number of rotatable bonds is 10. The zero-order valence-electron chi connectivity index (χ0n) is 21.1.